The number of hydrogen-bond acceptors (Lipinski definition) is 3. The van der Waals surface area contributed by atoms with E-state index in [2.05, 4.69) is 4.90 Å². The highest BCUT2D eigenvalue weighted by Gasteiger charge is 2.25. The topological polar surface area (TPSA) is 32.8 Å². The summed E-state index contributed by atoms with van der Waals surface area (Å²) in [4.78, 5) is 16.3. The fourth-order valence-corrected chi connectivity index (χ4v) is 3.04. The van der Waals surface area contributed by atoms with Gasteiger partial charge in [-0.05, 0) is 33.0 Å². The van der Waals surface area contributed by atoms with Crippen LogP contribution in [0.2, 0.25) is 15.1 Å². The molecule has 1 unspecified atom stereocenters. The van der Waals surface area contributed by atoms with Gasteiger partial charge in [0.1, 0.15) is 5.75 Å². The second-order valence-corrected chi connectivity index (χ2v) is 6.81. The van der Waals surface area contributed by atoms with Crippen molar-refractivity contribution in [1.29, 1.82) is 0 Å². The van der Waals surface area contributed by atoms with E-state index in [1.807, 2.05) is 19.0 Å². The van der Waals surface area contributed by atoms with Gasteiger partial charge in [0.15, 0.2) is 6.61 Å². The van der Waals surface area contributed by atoms with Crippen LogP contribution in [0.4, 0.5) is 0 Å². The highest BCUT2D eigenvalue weighted by Crippen LogP contribution is 2.33. The molecule has 1 aromatic carbocycles. The van der Waals surface area contributed by atoms with E-state index in [1.165, 1.54) is 12.1 Å². The first-order valence-corrected chi connectivity index (χ1v) is 8.23. The number of halogens is 3. The van der Waals surface area contributed by atoms with Crippen molar-refractivity contribution in [2.45, 2.75) is 18.9 Å². The van der Waals surface area contributed by atoms with Crippen molar-refractivity contribution in [3.05, 3.63) is 27.2 Å². The van der Waals surface area contributed by atoms with E-state index in [-0.39, 0.29) is 12.5 Å². The number of rotatable bonds is 4. The normalized spacial score (nSPS) is 18.6. The molecule has 1 heterocycles. The van der Waals surface area contributed by atoms with E-state index in [1.54, 1.807) is 0 Å². The highest BCUT2D eigenvalue weighted by molar-refractivity contribution is 6.43. The summed E-state index contributed by atoms with van der Waals surface area (Å²) >= 11 is 17.8. The largest absolute Gasteiger partial charge is 0.482 e. The Morgan fingerprint density at radius 3 is 2.64 bits per heavy atom. The molecule has 0 bridgehead atoms. The number of carbonyl (C=O) groups excluding carboxylic acids is 1. The summed E-state index contributed by atoms with van der Waals surface area (Å²) < 4.78 is 5.50. The van der Waals surface area contributed by atoms with Gasteiger partial charge in [-0.2, -0.15) is 0 Å². The molecule has 122 valence electrons. The Kier molecular flexibility index (Phi) is 6.21. The molecule has 1 aromatic rings. The van der Waals surface area contributed by atoms with Gasteiger partial charge in [0.25, 0.3) is 5.91 Å². The number of ether oxygens (including phenoxy) is 1. The molecule has 1 aliphatic heterocycles. The van der Waals surface area contributed by atoms with Crippen LogP contribution in [0.1, 0.15) is 12.8 Å². The van der Waals surface area contributed by atoms with Gasteiger partial charge in [-0.3, -0.25) is 4.79 Å². The summed E-state index contributed by atoms with van der Waals surface area (Å²) in [5, 5.41) is 1.04. The first-order chi connectivity index (χ1) is 10.4. The Hall–Kier alpha value is -0.680. The fourth-order valence-electron chi connectivity index (χ4n) is 2.45. The standard InChI is InChI=1S/C15H19Cl3N2O2/c1-19(2)10-4-3-5-20(8-10)15(21)9-22-14-7-12(17)11(16)6-13(14)18/h6-7,10H,3-5,8-9H2,1-2H3. The number of nitrogens with zero attached hydrogens (tertiary/aromatic N) is 2. The second kappa shape index (κ2) is 7.73. The molecule has 1 atom stereocenters. The summed E-state index contributed by atoms with van der Waals surface area (Å²) in [6, 6.07) is 3.43. The van der Waals surface area contributed by atoms with Crippen molar-refractivity contribution in [2.24, 2.45) is 0 Å². The SMILES string of the molecule is CN(C)C1CCCN(C(=O)COc2cc(Cl)c(Cl)cc2Cl)C1. The zero-order valence-electron chi connectivity index (χ0n) is 12.6. The Balaban J connectivity index is 1.94. The number of likely N-dealkylation sites (tertiary alicyclic amines) is 1. The van der Waals surface area contributed by atoms with Crippen LogP contribution < -0.4 is 4.74 Å². The summed E-state index contributed by atoms with van der Waals surface area (Å²) in [6.07, 6.45) is 2.11. The lowest BCUT2D eigenvalue weighted by molar-refractivity contribution is -0.135. The monoisotopic (exact) mass is 364 g/mol. The van der Waals surface area contributed by atoms with Crippen molar-refractivity contribution in [3.63, 3.8) is 0 Å². The first-order valence-electron chi connectivity index (χ1n) is 7.10. The van der Waals surface area contributed by atoms with E-state index in [9.17, 15) is 4.79 Å². The van der Waals surface area contributed by atoms with Crippen LogP contribution in [0.3, 0.4) is 0 Å². The molecule has 0 saturated carbocycles. The van der Waals surface area contributed by atoms with Crippen LogP contribution in [0.25, 0.3) is 0 Å². The van der Waals surface area contributed by atoms with Crippen molar-refractivity contribution in [2.75, 3.05) is 33.8 Å². The summed E-state index contributed by atoms with van der Waals surface area (Å²) in [5.74, 6) is 0.319. The predicted molar refractivity (Wildman–Crippen MR) is 90.3 cm³/mol. The maximum absolute atomic E-state index is 12.3. The number of amides is 1. The van der Waals surface area contributed by atoms with Crippen LogP contribution in [-0.2, 0) is 4.79 Å². The molecule has 0 aromatic heterocycles. The Morgan fingerprint density at radius 2 is 1.95 bits per heavy atom. The summed E-state index contributed by atoms with van der Waals surface area (Å²) in [5.41, 5.74) is 0. The molecule has 0 aliphatic carbocycles. The van der Waals surface area contributed by atoms with Gasteiger partial charge in [-0.1, -0.05) is 34.8 Å². The quantitative estimate of drug-likeness (QED) is 0.765. The minimum atomic E-state index is -0.0577. The van der Waals surface area contributed by atoms with Gasteiger partial charge in [-0.25, -0.2) is 0 Å². The minimum Gasteiger partial charge on any atom is -0.482 e. The third-order valence-electron chi connectivity index (χ3n) is 3.81. The van der Waals surface area contributed by atoms with Gasteiger partial charge in [0.05, 0.1) is 15.1 Å². The lowest BCUT2D eigenvalue weighted by Gasteiger charge is -2.36. The average Bonchev–Trinajstić information content (AvgIpc) is 2.49. The highest BCUT2D eigenvalue weighted by atomic mass is 35.5. The van der Waals surface area contributed by atoms with Crippen molar-refractivity contribution in [3.8, 4) is 5.75 Å². The lowest BCUT2D eigenvalue weighted by atomic mass is 10.1. The van der Waals surface area contributed by atoms with E-state index in [0.29, 0.717) is 26.9 Å². The summed E-state index contributed by atoms with van der Waals surface area (Å²) in [7, 11) is 4.06. The van der Waals surface area contributed by atoms with Gasteiger partial charge in [-0.15, -0.1) is 0 Å². The molecular formula is C15H19Cl3N2O2. The van der Waals surface area contributed by atoms with Crippen LogP contribution in [0.15, 0.2) is 12.1 Å². The van der Waals surface area contributed by atoms with Crippen LogP contribution >= 0.6 is 34.8 Å². The number of piperidine rings is 1. The van der Waals surface area contributed by atoms with Gasteiger partial charge < -0.3 is 14.5 Å². The molecule has 2 rings (SSSR count). The van der Waals surface area contributed by atoms with Crippen molar-refractivity contribution in [1.82, 2.24) is 9.80 Å². The van der Waals surface area contributed by atoms with E-state index >= 15 is 0 Å². The maximum Gasteiger partial charge on any atom is 0.260 e. The Morgan fingerprint density at radius 1 is 1.27 bits per heavy atom. The molecule has 1 aliphatic rings. The van der Waals surface area contributed by atoms with Crippen LogP contribution in [0.5, 0.6) is 5.75 Å². The second-order valence-electron chi connectivity index (χ2n) is 5.58. The van der Waals surface area contributed by atoms with Crippen LogP contribution in [0, 0.1) is 0 Å². The number of likely N-dealkylation sites (N-methyl/N-ethyl adjacent to an activating group) is 1. The smallest absolute Gasteiger partial charge is 0.260 e. The van der Waals surface area contributed by atoms with Crippen LogP contribution in [-0.4, -0.2) is 55.5 Å². The Bertz CT molecular complexity index is 552. The zero-order chi connectivity index (χ0) is 16.3. The third-order valence-corrected chi connectivity index (χ3v) is 4.82. The van der Waals surface area contributed by atoms with Crippen molar-refractivity contribution >= 4 is 40.7 Å². The number of carbonyl (C=O) groups is 1. The average molecular weight is 366 g/mol. The van der Waals surface area contributed by atoms with E-state index < -0.39 is 0 Å². The lowest BCUT2D eigenvalue weighted by Crippen LogP contribution is -2.48. The first kappa shape index (κ1) is 17.7. The molecule has 22 heavy (non-hydrogen) atoms. The molecule has 1 saturated heterocycles. The zero-order valence-corrected chi connectivity index (χ0v) is 14.9. The molecule has 1 fully saturated rings. The molecule has 7 heteroatoms. The Labute approximate surface area is 145 Å². The molecule has 1 amide bonds. The third kappa shape index (κ3) is 4.42. The van der Waals surface area contributed by atoms with Gasteiger partial charge >= 0.3 is 0 Å². The fraction of sp³-hybridized carbons (Fsp3) is 0.533. The molecule has 0 spiro atoms. The number of hydrogen-bond donors (Lipinski definition) is 0. The number of benzene rings is 1. The maximum atomic E-state index is 12.3. The van der Waals surface area contributed by atoms with E-state index in [4.69, 9.17) is 39.5 Å². The van der Waals surface area contributed by atoms with E-state index in [0.717, 1.165) is 25.9 Å². The molecular weight excluding hydrogens is 347 g/mol. The molecule has 4 nitrogen and oxygen atoms in total. The summed E-state index contributed by atoms with van der Waals surface area (Å²) in [6.45, 7) is 1.43. The van der Waals surface area contributed by atoms with Gasteiger partial charge in [0, 0.05) is 25.2 Å². The van der Waals surface area contributed by atoms with Crippen molar-refractivity contribution < 1.29 is 9.53 Å². The van der Waals surface area contributed by atoms with Gasteiger partial charge in [0.2, 0.25) is 0 Å². The minimum absolute atomic E-state index is 0.0475. The predicted octanol–water partition coefficient (Wildman–Crippen LogP) is 3.58. The molecule has 0 N–H and O–H groups in total. The molecule has 0 radical (unpaired) electrons.